The molecular weight excluding hydrogens is 176 g/mol. The molecule has 1 amide bonds. The van der Waals surface area contributed by atoms with E-state index in [1.165, 1.54) is 0 Å². The minimum Gasteiger partial charge on any atom is -0.336 e. The summed E-state index contributed by atoms with van der Waals surface area (Å²) in [6.45, 7) is 8.81. The number of carbonyl (C=O) groups excluding carboxylic acids is 1. The third-order valence-electron chi connectivity index (χ3n) is 2.94. The molecule has 0 bridgehead atoms. The first kappa shape index (κ1) is 11.2. The molecule has 1 fully saturated rings. The van der Waals surface area contributed by atoms with Gasteiger partial charge in [-0.15, -0.1) is 0 Å². The molecule has 0 atom stereocenters. The predicted molar refractivity (Wildman–Crippen MR) is 58.1 cm³/mol. The van der Waals surface area contributed by atoms with Gasteiger partial charge in [0, 0.05) is 25.2 Å². The molecule has 80 valence electrons. The van der Waals surface area contributed by atoms with Crippen molar-refractivity contribution in [2.24, 2.45) is 0 Å². The number of amides is 1. The summed E-state index contributed by atoms with van der Waals surface area (Å²) in [5.74, 6) is 0.133. The van der Waals surface area contributed by atoms with Gasteiger partial charge >= 0.3 is 0 Å². The van der Waals surface area contributed by atoms with Crippen molar-refractivity contribution in [3.63, 3.8) is 0 Å². The molecule has 0 aliphatic carbocycles. The minimum absolute atomic E-state index is 0.0927. The molecule has 1 aliphatic rings. The van der Waals surface area contributed by atoms with E-state index in [1.54, 1.807) is 12.2 Å². The van der Waals surface area contributed by atoms with Crippen molar-refractivity contribution in [1.29, 1.82) is 0 Å². The Labute approximate surface area is 86.4 Å². The molecule has 0 saturated carbocycles. The summed E-state index contributed by atoms with van der Waals surface area (Å²) in [6, 6.07) is 0. The zero-order valence-electron chi connectivity index (χ0n) is 9.58. The largest absolute Gasteiger partial charge is 0.336 e. The van der Waals surface area contributed by atoms with Crippen LogP contribution in [-0.4, -0.2) is 47.9 Å². The first-order valence-electron chi connectivity index (χ1n) is 5.10. The Morgan fingerprint density at radius 1 is 1.36 bits per heavy atom. The molecule has 0 unspecified atom stereocenters. The number of allylic oxidation sites excluding steroid dienone is 1. The van der Waals surface area contributed by atoms with Gasteiger partial charge in [-0.25, -0.2) is 0 Å². The van der Waals surface area contributed by atoms with Gasteiger partial charge in [0.05, 0.1) is 0 Å². The summed E-state index contributed by atoms with van der Waals surface area (Å²) in [5.41, 5.74) is 0.0927. The molecule has 0 aromatic heterocycles. The molecule has 1 aliphatic heterocycles. The van der Waals surface area contributed by atoms with Gasteiger partial charge in [0.15, 0.2) is 0 Å². The Morgan fingerprint density at radius 2 is 2.00 bits per heavy atom. The Bertz CT molecular complexity index is 246. The summed E-state index contributed by atoms with van der Waals surface area (Å²) in [6.07, 6.45) is 3.44. The number of rotatable bonds is 1. The molecule has 0 N–H and O–H groups in total. The van der Waals surface area contributed by atoms with Crippen LogP contribution >= 0.6 is 0 Å². The Kier molecular flexibility index (Phi) is 3.32. The highest BCUT2D eigenvalue weighted by molar-refractivity contribution is 5.87. The topological polar surface area (TPSA) is 23.6 Å². The lowest BCUT2D eigenvalue weighted by Crippen LogP contribution is -2.58. The highest BCUT2D eigenvalue weighted by Gasteiger charge is 2.32. The maximum absolute atomic E-state index is 11.6. The molecule has 1 heterocycles. The fraction of sp³-hybridized carbons (Fsp3) is 0.727. The molecule has 3 heteroatoms. The van der Waals surface area contributed by atoms with E-state index in [0.717, 1.165) is 19.6 Å². The van der Waals surface area contributed by atoms with Gasteiger partial charge in [-0.05, 0) is 33.9 Å². The third kappa shape index (κ3) is 2.35. The van der Waals surface area contributed by atoms with Gasteiger partial charge in [0.2, 0.25) is 5.91 Å². The fourth-order valence-corrected chi connectivity index (χ4v) is 1.68. The number of hydrogen-bond donors (Lipinski definition) is 0. The highest BCUT2D eigenvalue weighted by Crippen LogP contribution is 2.18. The molecule has 0 aromatic carbocycles. The van der Waals surface area contributed by atoms with Crippen LogP contribution in [0.3, 0.4) is 0 Å². The smallest absolute Gasteiger partial charge is 0.246 e. The molecule has 0 spiro atoms. The third-order valence-corrected chi connectivity index (χ3v) is 2.94. The van der Waals surface area contributed by atoms with E-state index in [2.05, 4.69) is 25.8 Å². The second-order valence-corrected chi connectivity index (χ2v) is 4.49. The minimum atomic E-state index is 0.0927. The van der Waals surface area contributed by atoms with Gasteiger partial charge < -0.3 is 4.90 Å². The van der Waals surface area contributed by atoms with E-state index in [-0.39, 0.29) is 11.4 Å². The van der Waals surface area contributed by atoms with Crippen molar-refractivity contribution in [3.8, 4) is 0 Å². The summed E-state index contributed by atoms with van der Waals surface area (Å²) in [7, 11) is 2.11. The van der Waals surface area contributed by atoms with Gasteiger partial charge in [-0.2, -0.15) is 0 Å². The summed E-state index contributed by atoms with van der Waals surface area (Å²) < 4.78 is 0. The van der Waals surface area contributed by atoms with E-state index in [4.69, 9.17) is 0 Å². The SMILES string of the molecule is CC=CC(=O)N1CCN(C)C(C)(C)C1. The predicted octanol–water partition coefficient (Wildman–Crippen LogP) is 1.12. The summed E-state index contributed by atoms with van der Waals surface area (Å²) in [5, 5.41) is 0. The summed E-state index contributed by atoms with van der Waals surface area (Å²) in [4.78, 5) is 15.8. The van der Waals surface area contributed by atoms with E-state index >= 15 is 0 Å². The first-order valence-corrected chi connectivity index (χ1v) is 5.10. The first-order chi connectivity index (χ1) is 6.47. The van der Waals surface area contributed by atoms with Crippen LogP contribution in [0.5, 0.6) is 0 Å². The van der Waals surface area contributed by atoms with Crippen molar-refractivity contribution in [3.05, 3.63) is 12.2 Å². The molecule has 0 aromatic rings. The average Bonchev–Trinajstić information content (AvgIpc) is 2.10. The van der Waals surface area contributed by atoms with E-state index in [1.807, 2.05) is 11.8 Å². The second kappa shape index (κ2) is 4.13. The normalized spacial score (nSPS) is 23.0. The van der Waals surface area contributed by atoms with Gasteiger partial charge in [-0.1, -0.05) is 6.08 Å². The van der Waals surface area contributed by atoms with Crippen LogP contribution in [0, 0.1) is 0 Å². The monoisotopic (exact) mass is 196 g/mol. The number of nitrogens with zero attached hydrogens (tertiary/aromatic N) is 2. The highest BCUT2D eigenvalue weighted by atomic mass is 16.2. The number of likely N-dealkylation sites (N-methyl/N-ethyl adjacent to an activating group) is 1. The number of piperazine rings is 1. The molecular formula is C11H20N2O. The van der Waals surface area contributed by atoms with Crippen LogP contribution in [-0.2, 0) is 4.79 Å². The zero-order valence-corrected chi connectivity index (χ0v) is 9.58. The van der Waals surface area contributed by atoms with Crippen molar-refractivity contribution < 1.29 is 4.79 Å². The van der Waals surface area contributed by atoms with Gasteiger partial charge in [0.1, 0.15) is 0 Å². The van der Waals surface area contributed by atoms with Crippen molar-refractivity contribution in [2.45, 2.75) is 26.3 Å². The average molecular weight is 196 g/mol. The zero-order chi connectivity index (χ0) is 10.8. The van der Waals surface area contributed by atoms with Crippen LogP contribution in [0.4, 0.5) is 0 Å². The lowest BCUT2D eigenvalue weighted by atomic mass is 10.00. The Hall–Kier alpha value is -0.830. The Balaban J connectivity index is 2.64. The van der Waals surface area contributed by atoms with Crippen LogP contribution in [0.15, 0.2) is 12.2 Å². The lowest BCUT2D eigenvalue weighted by molar-refractivity contribution is -0.130. The van der Waals surface area contributed by atoms with Crippen LogP contribution in [0.1, 0.15) is 20.8 Å². The lowest BCUT2D eigenvalue weighted by Gasteiger charge is -2.45. The standard InChI is InChI=1S/C11H20N2O/c1-5-6-10(14)13-8-7-12(4)11(2,3)9-13/h5-6H,7-9H2,1-4H3. The van der Waals surface area contributed by atoms with Crippen LogP contribution in [0.2, 0.25) is 0 Å². The molecule has 1 saturated heterocycles. The molecule has 14 heavy (non-hydrogen) atoms. The number of hydrogen-bond acceptors (Lipinski definition) is 2. The van der Waals surface area contributed by atoms with Gasteiger partial charge in [-0.3, -0.25) is 9.69 Å². The van der Waals surface area contributed by atoms with Crippen molar-refractivity contribution in [1.82, 2.24) is 9.80 Å². The van der Waals surface area contributed by atoms with Crippen LogP contribution < -0.4 is 0 Å². The Morgan fingerprint density at radius 3 is 2.50 bits per heavy atom. The van der Waals surface area contributed by atoms with E-state index < -0.39 is 0 Å². The van der Waals surface area contributed by atoms with Crippen molar-refractivity contribution in [2.75, 3.05) is 26.7 Å². The second-order valence-electron chi connectivity index (χ2n) is 4.49. The molecule has 0 radical (unpaired) electrons. The maximum Gasteiger partial charge on any atom is 0.246 e. The maximum atomic E-state index is 11.6. The van der Waals surface area contributed by atoms with Crippen molar-refractivity contribution >= 4 is 5.91 Å². The van der Waals surface area contributed by atoms with E-state index in [0.29, 0.717) is 0 Å². The quantitative estimate of drug-likeness (QED) is 0.587. The van der Waals surface area contributed by atoms with E-state index in [9.17, 15) is 4.79 Å². The van der Waals surface area contributed by atoms with Crippen LogP contribution in [0.25, 0.3) is 0 Å². The van der Waals surface area contributed by atoms with Gasteiger partial charge in [0.25, 0.3) is 0 Å². The molecule has 3 nitrogen and oxygen atoms in total. The fourth-order valence-electron chi connectivity index (χ4n) is 1.68. The summed E-state index contributed by atoms with van der Waals surface area (Å²) >= 11 is 0. The molecule has 1 rings (SSSR count). The number of carbonyl (C=O) groups is 1.